The highest BCUT2D eigenvalue weighted by molar-refractivity contribution is 9.10. The molecule has 82 valence electrons. The summed E-state index contributed by atoms with van der Waals surface area (Å²) in [5, 5.41) is 10.1. The van der Waals surface area contributed by atoms with Crippen LogP contribution in [0.15, 0.2) is 22.7 Å². The molecule has 2 rings (SSSR count). The van der Waals surface area contributed by atoms with Gasteiger partial charge in [0.15, 0.2) is 0 Å². The van der Waals surface area contributed by atoms with Crippen molar-refractivity contribution >= 4 is 15.9 Å². The Labute approximate surface area is 99.6 Å². The molecule has 0 saturated heterocycles. The minimum absolute atomic E-state index is 0.279. The molecule has 15 heavy (non-hydrogen) atoms. The van der Waals surface area contributed by atoms with Gasteiger partial charge in [-0.05, 0) is 48.9 Å². The van der Waals surface area contributed by atoms with Gasteiger partial charge in [-0.3, -0.25) is 0 Å². The number of hydrogen-bond acceptors (Lipinski definition) is 1. The van der Waals surface area contributed by atoms with Crippen LogP contribution in [-0.2, 0) is 0 Å². The van der Waals surface area contributed by atoms with Crippen molar-refractivity contribution < 1.29 is 5.11 Å². The Balaban J connectivity index is 1.99. The van der Waals surface area contributed by atoms with Gasteiger partial charge < -0.3 is 5.11 Å². The van der Waals surface area contributed by atoms with E-state index in [0.717, 1.165) is 22.4 Å². The standard InChI is InChI=1S/C13H17BrO/c1-9-8-11(14)5-6-12(9)13(15)7-4-10-2-3-10/h5-6,8,10,13,15H,2-4,7H2,1H3. The Bertz CT molecular complexity index is 344. The maximum atomic E-state index is 10.1. The highest BCUT2D eigenvalue weighted by Gasteiger charge is 2.22. The van der Waals surface area contributed by atoms with Crippen LogP contribution in [0.3, 0.4) is 0 Å². The van der Waals surface area contributed by atoms with E-state index < -0.39 is 0 Å². The number of aryl methyl sites for hydroxylation is 1. The van der Waals surface area contributed by atoms with Gasteiger partial charge in [-0.1, -0.05) is 34.8 Å². The van der Waals surface area contributed by atoms with E-state index in [4.69, 9.17) is 0 Å². The molecule has 0 heterocycles. The Morgan fingerprint density at radius 1 is 1.47 bits per heavy atom. The Morgan fingerprint density at radius 2 is 2.20 bits per heavy atom. The molecular weight excluding hydrogens is 252 g/mol. The molecule has 2 heteroatoms. The SMILES string of the molecule is Cc1cc(Br)ccc1C(O)CCC1CC1. The molecule has 1 fully saturated rings. The number of benzene rings is 1. The lowest BCUT2D eigenvalue weighted by molar-refractivity contribution is 0.161. The first kappa shape index (κ1) is 11.2. The molecule has 1 atom stereocenters. The Morgan fingerprint density at radius 3 is 2.80 bits per heavy atom. The van der Waals surface area contributed by atoms with Crippen LogP contribution < -0.4 is 0 Å². The molecule has 1 unspecified atom stereocenters. The average molecular weight is 269 g/mol. The van der Waals surface area contributed by atoms with Crippen molar-refractivity contribution in [3.8, 4) is 0 Å². The molecule has 0 aliphatic heterocycles. The Kier molecular flexibility index (Phi) is 3.47. The predicted molar refractivity (Wildman–Crippen MR) is 65.8 cm³/mol. The predicted octanol–water partition coefficient (Wildman–Crippen LogP) is 3.98. The molecular formula is C13H17BrO. The summed E-state index contributed by atoms with van der Waals surface area (Å²) in [4.78, 5) is 0. The topological polar surface area (TPSA) is 20.2 Å². The van der Waals surface area contributed by atoms with E-state index in [1.54, 1.807) is 0 Å². The van der Waals surface area contributed by atoms with Crippen LogP contribution in [0.1, 0.15) is 42.9 Å². The summed E-state index contributed by atoms with van der Waals surface area (Å²) in [5.41, 5.74) is 2.26. The van der Waals surface area contributed by atoms with Crippen molar-refractivity contribution in [2.75, 3.05) is 0 Å². The Hall–Kier alpha value is -0.340. The van der Waals surface area contributed by atoms with Crippen molar-refractivity contribution in [1.29, 1.82) is 0 Å². The number of aliphatic hydroxyl groups is 1. The van der Waals surface area contributed by atoms with Crippen molar-refractivity contribution in [3.63, 3.8) is 0 Å². The monoisotopic (exact) mass is 268 g/mol. The van der Waals surface area contributed by atoms with Gasteiger partial charge in [0.25, 0.3) is 0 Å². The molecule has 1 saturated carbocycles. The van der Waals surface area contributed by atoms with Crippen LogP contribution in [0.4, 0.5) is 0 Å². The second-order valence-electron chi connectivity index (χ2n) is 4.54. The summed E-state index contributed by atoms with van der Waals surface area (Å²) < 4.78 is 1.08. The molecule has 0 aromatic heterocycles. The van der Waals surface area contributed by atoms with Gasteiger partial charge in [-0.25, -0.2) is 0 Å². The largest absolute Gasteiger partial charge is 0.388 e. The van der Waals surface area contributed by atoms with Gasteiger partial charge in [0.2, 0.25) is 0 Å². The lowest BCUT2D eigenvalue weighted by atomic mass is 9.99. The van der Waals surface area contributed by atoms with E-state index in [2.05, 4.69) is 28.9 Å². The summed E-state index contributed by atoms with van der Waals surface area (Å²) >= 11 is 3.44. The van der Waals surface area contributed by atoms with Crippen molar-refractivity contribution in [3.05, 3.63) is 33.8 Å². The minimum atomic E-state index is -0.279. The van der Waals surface area contributed by atoms with Crippen LogP contribution in [0, 0.1) is 12.8 Å². The average Bonchev–Trinajstić information content (AvgIpc) is 2.97. The molecule has 0 amide bonds. The van der Waals surface area contributed by atoms with E-state index in [9.17, 15) is 5.11 Å². The zero-order valence-corrected chi connectivity index (χ0v) is 10.6. The highest BCUT2D eigenvalue weighted by Crippen LogP contribution is 2.36. The smallest absolute Gasteiger partial charge is 0.0792 e. The van der Waals surface area contributed by atoms with Gasteiger partial charge >= 0.3 is 0 Å². The minimum Gasteiger partial charge on any atom is -0.388 e. The van der Waals surface area contributed by atoms with Gasteiger partial charge in [0.05, 0.1) is 6.10 Å². The summed E-state index contributed by atoms with van der Waals surface area (Å²) in [6.45, 7) is 2.06. The van der Waals surface area contributed by atoms with E-state index in [1.165, 1.54) is 24.8 Å². The lowest BCUT2D eigenvalue weighted by Crippen LogP contribution is -2.00. The van der Waals surface area contributed by atoms with Gasteiger partial charge in [0, 0.05) is 4.47 Å². The molecule has 0 bridgehead atoms. The number of rotatable bonds is 4. The molecule has 1 aromatic carbocycles. The fourth-order valence-corrected chi connectivity index (χ4v) is 2.44. The van der Waals surface area contributed by atoms with Crippen molar-refractivity contribution in [2.24, 2.45) is 5.92 Å². The van der Waals surface area contributed by atoms with Crippen molar-refractivity contribution in [2.45, 2.75) is 38.7 Å². The summed E-state index contributed by atoms with van der Waals surface area (Å²) in [5.74, 6) is 0.899. The normalized spacial score (nSPS) is 17.8. The zero-order valence-electron chi connectivity index (χ0n) is 9.04. The van der Waals surface area contributed by atoms with E-state index in [1.807, 2.05) is 12.1 Å². The lowest BCUT2D eigenvalue weighted by Gasteiger charge is -2.13. The van der Waals surface area contributed by atoms with Gasteiger partial charge in [0.1, 0.15) is 0 Å². The van der Waals surface area contributed by atoms with E-state index in [0.29, 0.717) is 0 Å². The van der Waals surface area contributed by atoms with E-state index >= 15 is 0 Å². The molecule has 1 nitrogen and oxygen atoms in total. The first-order valence-electron chi connectivity index (χ1n) is 5.61. The summed E-state index contributed by atoms with van der Waals surface area (Å²) in [7, 11) is 0. The highest BCUT2D eigenvalue weighted by atomic mass is 79.9. The molecule has 0 radical (unpaired) electrons. The fourth-order valence-electron chi connectivity index (χ4n) is 1.97. The molecule has 1 aromatic rings. The zero-order chi connectivity index (χ0) is 10.8. The first-order valence-corrected chi connectivity index (χ1v) is 6.40. The second-order valence-corrected chi connectivity index (χ2v) is 5.45. The number of hydrogen-bond donors (Lipinski definition) is 1. The van der Waals surface area contributed by atoms with Crippen LogP contribution in [0.25, 0.3) is 0 Å². The van der Waals surface area contributed by atoms with Crippen LogP contribution in [0.2, 0.25) is 0 Å². The van der Waals surface area contributed by atoms with Gasteiger partial charge in [-0.15, -0.1) is 0 Å². The second kappa shape index (κ2) is 4.67. The van der Waals surface area contributed by atoms with Crippen LogP contribution in [-0.4, -0.2) is 5.11 Å². The third-order valence-electron chi connectivity index (χ3n) is 3.14. The summed E-state index contributed by atoms with van der Waals surface area (Å²) in [6, 6.07) is 6.09. The van der Waals surface area contributed by atoms with Crippen molar-refractivity contribution in [1.82, 2.24) is 0 Å². The molecule has 1 aliphatic rings. The van der Waals surface area contributed by atoms with E-state index in [-0.39, 0.29) is 6.10 Å². The fraction of sp³-hybridized carbons (Fsp3) is 0.538. The maximum absolute atomic E-state index is 10.1. The third kappa shape index (κ3) is 3.05. The maximum Gasteiger partial charge on any atom is 0.0792 e. The molecule has 1 aliphatic carbocycles. The van der Waals surface area contributed by atoms with Gasteiger partial charge in [-0.2, -0.15) is 0 Å². The third-order valence-corrected chi connectivity index (χ3v) is 3.63. The van der Waals surface area contributed by atoms with Crippen LogP contribution in [0.5, 0.6) is 0 Å². The number of halogens is 1. The number of aliphatic hydroxyl groups excluding tert-OH is 1. The first-order chi connectivity index (χ1) is 7.16. The quantitative estimate of drug-likeness (QED) is 0.876. The van der Waals surface area contributed by atoms with Crippen LogP contribution >= 0.6 is 15.9 Å². The molecule has 1 N–H and O–H groups in total. The summed E-state index contributed by atoms with van der Waals surface area (Å²) in [6.07, 6.45) is 4.54. The molecule has 0 spiro atoms.